The minimum atomic E-state index is -0.314. The van der Waals surface area contributed by atoms with Gasteiger partial charge in [-0.3, -0.25) is 9.69 Å². The van der Waals surface area contributed by atoms with E-state index < -0.39 is 0 Å². The standard InChI is InChI=1S/C8H12N2O2/c1-2-12-8(11)5-10(6-9)7-3-4-7/h7H,2-5H2,1H3. The molecule has 0 radical (unpaired) electrons. The Bertz CT molecular complexity index is 206. The van der Waals surface area contributed by atoms with Gasteiger partial charge in [0, 0.05) is 6.04 Å². The number of esters is 1. The monoisotopic (exact) mass is 168 g/mol. The van der Waals surface area contributed by atoms with Gasteiger partial charge in [0.2, 0.25) is 0 Å². The lowest BCUT2D eigenvalue weighted by Crippen LogP contribution is -2.28. The fourth-order valence-corrected chi connectivity index (χ4v) is 0.978. The van der Waals surface area contributed by atoms with Crippen LogP contribution in [0.5, 0.6) is 0 Å². The predicted octanol–water partition coefficient (Wildman–Crippen LogP) is 0.495. The highest BCUT2D eigenvalue weighted by atomic mass is 16.5. The quantitative estimate of drug-likeness (QED) is 0.348. The van der Waals surface area contributed by atoms with E-state index in [1.807, 2.05) is 6.19 Å². The zero-order valence-corrected chi connectivity index (χ0v) is 7.12. The second-order valence-corrected chi connectivity index (χ2v) is 2.76. The number of ether oxygens (including phenoxy) is 1. The molecule has 1 fully saturated rings. The summed E-state index contributed by atoms with van der Waals surface area (Å²) in [5.74, 6) is -0.314. The van der Waals surface area contributed by atoms with Crippen molar-refractivity contribution in [2.24, 2.45) is 0 Å². The highest BCUT2D eigenvalue weighted by molar-refractivity contribution is 5.72. The van der Waals surface area contributed by atoms with Crippen LogP contribution >= 0.6 is 0 Å². The Morgan fingerprint density at radius 2 is 2.42 bits per heavy atom. The molecule has 12 heavy (non-hydrogen) atoms. The Hall–Kier alpha value is -1.24. The third kappa shape index (κ3) is 2.42. The third-order valence-electron chi connectivity index (χ3n) is 1.72. The van der Waals surface area contributed by atoms with Gasteiger partial charge in [-0.1, -0.05) is 0 Å². The van der Waals surface area contributed by atoms with Crippen molar-refractivity contribution >= 4 is 5.97 Å². The number of hydrogen-bond donors (Lipinski definition) is 0. The van der Waals surface area contributed by atoms with Crippen LogP contribution in [0.3, 0.4) is 0 Å². The van der Waals surface area contributed by atoms with Crippen LogP contribution in [0.1, 0.15) is 19.8 Å². The molecule has 4 nitrogen and oxygen atoms in total. The molecule has 0 N–H and O–H groups in total. The lowest BCUT2D eigenvalue weighted by Gasteiger charge is -2.12. The zero-order valence-electron chi connectivity index (χ0n) is 7.12. The molecule has 4 heteroatoms. The maximum absolute atomic E-state index is 10.9. The highest BCUT2D eigenvalue weighted by Gasteiger charge is 2.29. The summed E-state index contributed by atoms with van der Waals surface area (Å²) in [5.41, 5.74) is 0. The molecule has 0 saturated heterocycles. The predicted molar refractivity (Wildman–Crippen MR) is 42.0 cm³/mol. The van der Waals surface area contributed by atoms with Crippen molar-refractivity contribution in [3.05, 3.63) is 0 Å². The topological polar surface area (TPSA) is 53.3 Å². The van der Waals surface area contributed by atoms with Crippen LogP contribution in [0, 0.1) is 11.5 Å². The Kier molecular flexibility index (Phi) is 2.92. The van der Waals surface area contributed by atoms with E-state index in [4.69, 9.17) is 10.00 Å². The molecule has 0 aromatic carbocycles. The number of carbonyl (C=O) groups excluding carboxylic acids is 1. The van der Waals surface area contributed by atoms with E-state index in [0.29, 0.717) is 12.6 Å². The first-order valence-corrected chi connectivity index (χ1v) is 4.10. The van der Waals surface area contributed by atoms with Gasteiger partial charge in [-0.15, -0.1) is 0 Å². The van der Waals surface area contributed by atoms with Crippen LogP contribution in [0.4, 0.5) is 0 Å². The summed E-state index contributed by atoms with van der Waals surface area (Å²) in [6, 6.07) is 0.291. The second kappa shape index (κ2) is 3.96. The minimum absolute atomic E-state index is 0.106. The van der Waals surface area contributed by atoms with Gasteiger partial charge in [-0.25, -0.2) is 0 Å². The van der Waals surface area contributed by atoms with E-state index in [1.54, 1.807) is 6.92 Å². The van der Waals surface area contributed by atoms with Gasteiger partial charge in [0.1, 0.15) is 6.54 Å². The molecule has 1 aliphatic rings. The highest BCUT2D eigenvalue weighted by Crippen LogP contribution is 2.25. The molecule has 0 heterocycles. The van der Waals surface area contributed by atoms with Crippen LogP contribution < -0.4 is 0 Å². The molecular formula is C8H12N2O2. The van der Waals surface area contributed by atoms with Crippen molar-refractivity contribution in [2.75, 3.05) is 13.2 Å². The van der Waals surface area contributed by atoms with E-state index >= 15 is 0 Å². The average Bonchev–Trinajstić information content (AvgIpc) is 2.83. The molecule has 1 saturated carbocycles. The molecule has 0 aliphatic heterocycles. The van der Waals surface area contributed by atoms with Gasteiger partial charge in [-0.05, 0) is 19.8 Å². The molecule has 0 amide bonds. The summed E-state index contributed by atoms with van der Waals surface area (Å²) in [6.07, 6.45) is 4.03. The zero-order chi connectivity index (χ0) is 8.97. The van der Waals surface area contributed by atoms with E-state index in [9.17, 15) is 4.79 Å². The van der Waals surface area contributed by atoms with E-state index in [2.05, 4.69) is 0 Å². The van der Waals surface area contributed by atoms with E-state index in [1.165, 1.54) is 4.90 Å². The SMILES string of the molecule is CCOC(=O)CN(C#N)C1CC1. The fourth-order valence-electron chi connectivity index (χ4n) is 0.978. The largest absolute Gasteiger partial charge is 0.465 e. The Labute approximate surface area is 71.7 Å². The van der Waals surface area contributed by atoms with E-state index in [0.717, 1.165) is 12.8 Å². The molecule has 0 spiro atoms. The summed E-state index contributed by atoms with van der Waals surface area (Å²) in [5, 5.41) is 8.62. The van der Waals surface area contributed by atoms with Crippen LogP contribution in [-0.2, 0) is 9.53 Å². The molecule has 0 aromatic heterocycles. The van der Waals surface area contributed by atoms with Gasteiger partial charge < -0.3 is 4.74 Å². The first-order valence-electron chi connectivity index (χ1n) is 4.10. The molecule has 0 bridgehead atoms. The molecule has 1 rings (SSSR count). The summed E-state index contributed by atoms with van der Waals surface area (Å²) < 4.78 is 4.72. The first kappa shape index (κ1) is 8.85. The number of rotatable bonds is 4. The maximum Gasteiger partial charge on any atom is 0.326 e. The summed E-state index contributed by atoms with van der Waals surface area (Å²) >= 11 is 0. The molecule has 66 valence electrons. The Morgan fingerprint density at radius 1 is 1.75 bits per heavy atom. The summed E-state index contributed by atoms with van der Waals surface area (Å²) in [7, 11) is 0. The van der Waals surface area contributed by atoms with Crippen LogP contribution in [-0.4, -0.2) is 30.1 Å². The lowest BCUT2D eigenvalue weighted by molar-refractivity contribution is -0.143. The summed E-state index contributed by atoms with van der Waals surface area (Å²) in [4.78, 5) is 12.4. The Morgan fingerprint density at radius 3 is 2.83 bits per heavy atom. The van der Waals surface area contributed by atoms with Crippen LogP contribution in [0.25, 0.3) is 0 Å². The molecule has 0 aromatic rings. The minimum Gasteiger partial charge on any atom is -0.465 e. The number of hydrogen-bond acceptors (Lipinski definition) is 4. The third-order valence-corrected chi connectivity index (χ3v) is 1.72. The summed E-state index contributed by atoms with van der Waals surface area (Å²) in [6.45, 7) is 2.24. The molecule has 0 atom stereocenters. The van der Waals surface area contributed by atoms with Crippen LogP contribution in [0.15, 0.2) is 0 Å². The smallest absolute Gasteiger partial charge is 0.326 e. The molecular weight excluding hydrogens is 156 g/mol. The van der Waals surface area contributed by atoms with Crippen molar-refractivity contribution < 1.29 is 9.53 Å². The van der Waals surface area contributed by atoms with Crippen molar-refractivity contribution in [2.45, 2.75) is 25.8 Å². The maximum atomic E-state index is 10.9. The number of nitrogens with zero attached hydrogens (tertiary/aromatic N) is 2. The van der Waals surface area contributed by atoms with Crippen LogP contribution in [0.2, 0.25) is 0 Å². The van der Waals surface area contributed by atoms with E-state index in [-0.39, 0.29) is 12.5 Å². The van der Waals surface area contributed by atoms with Gasteiger partial charge in [-0.2, -0.15) is 5.26 Å². The number of carbonyl (C=O) groups is 1. The van der Waals surface area contributed by atoms with Gasteiger partial charge in [0.05, 0.1) is 6.61 Å². The van der Waals surface area contributed by atoms with Gasteiger partial charge >= 0.3 is 5.97 Å². The normalized spacial score (nSPS) is 15.0. The average molecular weight is 168 g/mol. The lowest BCUT2D eigenvalue weighted by atomic mass is 10.5. The van der Waals surface area contributed by atoms with Crippen molar-refractivity contribution in [3.63, 3.8) is 0 Å². The number of nitriles is 1. The first-order chi connectivity index (χ1) is 5.77. The Balaban J connectivity index is 2.27. The van der Waals surface area contributed by atoms with Crippen molar-refractivity contribution in [3.8, 4) is 6.19 Å². The van der Waals surface area contributed by atoms with Crippen molar-refractivity contribution in [1.29, 1.82) is 5.26 Å². The second-order valence-electron chi connectivity index (χ2n) is 2.76. The van der Waals surface area contributed by atoms with Crippen molar-refractivity contribution in [1.82, 2.24) is 4.90 Å². The fraction of sp³-hybridized carbons (Fsp3) is 0.750. The molecule has 0 unspecified atom stereocenters. The van der Waals surface area contributed by atoms with Gasteiger partial charge in [0.25, 0.3) is 0 Å². The van der Waals surface area contributed by atoms with Gasteiger partial charge in [0.15, 0.2) is 6.19 Å². The molecule has 1 aliphatic carbocycles.